The molecule has 21 heavy (non-hydrogen) atoms. The molecule has 0 aliphatic rings. The van der Waals surface area contributed by atoms with Gasteiger partial charge in [0, 0.05) is 12.2 Å². The predicted octanol–water partition coefficient (Wildman–Crippen LogP) is 1.49. The number of sulfonamides is 1. The highest BCUT2D eigenvalue weighted by atomic mass is 32.2. The van der Waals surface area contributed by atoms with Crippen LogP contribution in [0.2, 0.25) is 0 Å². The van der Waals surface area contributed by atoms with Gasteiger partial charge in [-0.25, -0.2) is 13.1 Å². The van der Waals surface area contributed by atoms with E-state index in [0.29, 0.717) is 30.1 Å². The first-order valence-corrected chi connectivity index (χ1v) is 8.66. The Bertz CT molecular complexity index is 735. The van der Waals surface area contributed by atoms with Crippen LogP contribution in [-0.2, 0) is 10.0 Å². The average Bonchev–Trinajstić information content (AvgIpc) is 2.79. The number of rotatable bonds is 7. The van der Waals surface area contributed by atoms with Gasteiger partial charge in [-0.1, -0.05) is 29.5 Å². The molecule has 0 saturated carbocycles. The molecule has 0 fully saturated rings. The fraction of sp³-hybridized carbons (Fsp3) is 0.308. The maximum atomic E-state index is 12.0. The van der Waals surface area contributed by atoms with Crippen molar-refractivity contribution in [2.24, 2.45) is 0 Å². The number of aromatic nitrogens is 1. The fourth-order valence-electron chi connectivity index (χ4n) is 1.70. The van der Waals surface area contributed by atoms with E-state index in [9.17, 15) is 13.2 Å². The van der Waals surface area contributed by atoms with Gasteiger partial charge in [-0.2, -0.15) is 0 Å². The molecular weight excluding hydrogens is 312 g/mol. The number of nitrogens with one attached hydrogen (secondary N) is 2. The normalized spacial score (nSPS) is 11.5. The number of hydrogen-bond acceptors (Lipinski definition) is 5. The Balaban J connectivity index is 1.80. The Morgan fingerprint density at radius 2 is 2.00 bits per heavy atom. The standard InChI is InChI=1S/C13H16N2O4S2/c1-10-12(20-13(16)15-10)21(17,18)14-8-5-9-19-11-6-3-2-4-7-11/h2-4,6-7,14H,5,8-9H2,1H3,(H,15,16). The van der Waals surface area contributed by atoms with Crippen LogP contribution in [0.5, 0.6) is 5.75 Å². The Labute approximate surface area is 126 Å². The van der Waals surface area contributed by atoms with Crippen LogP contribution < -0.4 is 14.3 Å². The van der Waals surface area contributed by atoms with Gasteiger partial charge in [0.05, 0.1) is 6.61 Å². The van der Waals surface area contributed by atoms with Gasteiger partial charge >= 0.3 is 4.87 Å². The third kappa shape index (κ3) is 4.42. The van der Waals surface area contributed by atoms with E-state index in [-0.39, 0.29) is 15.6 Å². The molecule has 0 amide bonds. The Morgan fingerprint density at radius 1 is 1.29 bits per heavy atom. The summed E-state index contributed by atoms with van der Waals surface area (Å²) in [7, 11) is -3.63. The van der Waals surface area contributed by atoms with Gasteiger partial charge < -0.3 is 9.72 Å². The lowest BCUT2D eigenvalue weighted by Crippen LogP contribution is -2.25. The lowest BCUT2D eigenvalue weighted by atomic mass is 10.3. The molecule has 0 aliphatic heterocycles. The highest BCUT2D eigenvalue weighted by Crippen LogP contribution is 2.15. The number of aromatic amines is 1. The molecule has 2 rings (SSSR count). The zero-order valence-electron chi connectivity index (χ0n) is 11.5. The summed E-state index contributed by atoms with van der Waals surface area (Å²) in [6, 6.07) is 9.31. The molecule has 6 nitrogen and oxygen atoms in total. The molecule has 0 unspecified atom stereocenters. The Kier molecular flexibility index (Phi) is 5.16. The summed E-state index contributed by atoms with van der Waals surface area (Å²) < 4.78 is 32.0. The molecule has 1 aromatic carbocycles. The molecular formula is C13H16N2O4S2. The molecule has 0 radical (unpaired) electrons. The number of ether oxygens (including phenoxy) is 1. The highest BCUT2D eigenvalue weighted by Gasteiger charge is 2.19. The van der Waals surface area contributed by atoms with E-state index in [1.807, 2.05) is 30.3 Å². The summed E-state index contributed by atoms with van der Waals surface area (Å²) >= 11 is 0.689. The molecule has 0 atom stereocenters. The van der Waals surface area contributed by atoms with E-state index in [4.69, 9.17) is 4.74 Å². The van der Waals surface area contributed by atoms with Crippen molar-refractivity contribution in [1.29, 1.82) is 0 Å². The van der Waals surface area contributed by atoms with Gasteiger partial charge in [-0.15, -0.1) is 0 Å². The third-order valence-electron chi connectivity index (χ3n) is 2.65. The van der Waals surface area contributed by atoms with Crippen molar-refractivity contribution >= 4 is 21.4 Å². The minimum Gasteiger partial charge on any atom is -0.494 e. The second-order valence-electron chi connectivity index (χ2n) is 4.34. The Hall–Kier alpha value is -1.64. The van der Waals surface area contributed by atoms with E-state index < -0.39 is 10.0 Å². The largest absolute Gasteiger partial charge is 0.494 e. The monoisotopic (exact) mass is 328 g/mol. The van der Waals surface area contributed by atoms with Crippen molar-refractivity contribution in [3.8, 4) is 5.75 Å². The van der Waals surface area contributed by atoms with E-state index in [2.05, 4.69) is 9.71 Å². The van der Waals surface area contributed by atoms with Crippen molar-refractivity contribution in [2.75, 3.05) is 13.2 Å². The van der Waals surface area contributed by atoms with E-state index in [1.54, 1.807) is 6.92 Å². The van der Waals surface area contributed by atoms with Crippen molar-refractivity contribution in [3.05, 3.63) is 45.7 Å². The molecule has 0 saturated heterocycles. The smallest absolute Gasteiger partial charge is 0.305 e. The molecule has 114 valence electrons. The van der Waals surface area contributed by atoms with Gasteiger partial charge in [0.25, 0.3) is 10.0 Å². The molecule has 2 N–H and O–H groups in total. The third-order valence-corrected chi connectivity index (χ3v) is 5.72. The van der Waals surface area contributed by atoms with E-state index >= 15 is 0 Å². The zero-order valence-corrected chi connectivity index (χ0v) is 13.1. The SMILES string of the molecule is Cc1[nH]c(=O)sc1S(=O)(=O)NCCCOc1ccccc1. The van der Waals surface area contributed by atoms with Crippen molar-refractivity contribution in [2.45, 2.75) is 17.6 Å². The first-order chi connectivity index (χ1) is 9.99. The number of aryl methyl sites for hydroxylation is 1. The fourth-order valence-corrected chi connectivity index (χ4v) is 4.12. The van der Waals surface area contributed by atoms with Gasteiger partial charge in [-0.3, -0.25) is 4.79 Å². The molecule has 0 bridgehead atoms. The number of benzene rings is 1. The van der Waals surface area contributed by atoms with E-state index in [1.165, 1.54) is 0 Å². The number of hydrogen-bond donors (Lipinski definition) is 2. The van der Waals surface area contributed by atoms with Crippen LogP contribution in [0.25, 0.3) is 0 Å². The molecule has 1 heterocycles. The van der Waals surface area contributed by atoms with E-state index in [0.717, 1.165) is 5.75 Å². The second kappa shape index (κ2) is 6.88. The zero-order chi connectivity index (χ0) is 15.3. The van der Waals surface area contributed by atoms with Crippen LogP contribution in [-0.4, -0.2) is 26.6 Å². The maximum Gasteiger partial charge on any atom is 0.305 e. The molecule has 0 aliphatic carbocycles. The van der Waals surface area contributed by atoms with Crippen LogP contribution in [0.15, 0.2) is 39.3 Å². The summed E-state index contributed by atoms with van der Waals surface area (Å²) in [6.07, 6.45) is 0.534. The predicted molar refractivity (Wildman–Crippen MR) is 81.4 cm³/mol. The van der Waals surface area contributed by atoms with Crippen molar-refractivity contribution in [1.82, 2.24) is 9.71 Å². The second-order valence-corrected chi connectivity index (χ2v) is 7.29. The molecule has 0 spiro atoms. The Morgan fingerprint density at radius 3 is 2.62 bits per heavy atom. The minimum atomic E-state index is -3.63. The molecule has 1 aromatic heterocycles. The van der Waals surface area contributed by atoms with Gasteiger partial charge in [0.15, 0.2) is 4.21 Å². The average molecular weight is 328 g/mol. The van der Waals surface area contributed by atoms with Crippen LogP contribution >= 0.6 is 11.3 Å². The lowest BCUT2D eigenvalue weighted by Gasteiger charge is -2.07. The van der Waals surface area contributed by atoms with Crippen LogP contribution in [0.4, 0.5) is 0 Å². The summed E-state index contributed by atoms with van der Waals surface area (Å²) in [4.78, 5) is 13.2. The van der Waals surface area contributed by atoms with Gasteiger partial charge in [0.1, 0.15) is 5.75 Å². The summed E-state index contributed by atoms with van der Waals surface area (Å²) in [5.74, 6) is 0.750. The molecule has 2 aromatic rings. The summed E-state index contributed by atoms with van der Waals surface area (Å²) in [5.41, 5.74) is 0.359. The number of para-hydroxylation sites is 1. The van der Waals surface area contributed by atoms with Crippen molar-refractivity contribution in [3.63, 3.8) is 0 Å². The van der Waals surface area contributed by atoms with Gasteiger partial charge in [0.2, 0.25) is 0 Å². The van der Waals surface area contributed by atoms with Gasteiger partial charge in [-0.05, 0) is 25.5 Å². The number of H-pyrrole nitrogens is 1. The van der Waals surface area contributed by atoms with Crippen LogP contribution in [0, 0.1) is 6.92 Å². The summed E-state index contributed by atoms with van der Waals surface area (Å²) in [6.45, 7) is 2.22. The van der Waals surface area contributed by atoms with Crippen LogP contribution in [0.3, 0.4) is 0 Å². The number of thiazole rings is 1. The minimum absolute atomic E-state index is 0.0384. The first kappa shape index (κ1) is 15.7. The first-order valence-electron chi connectivity index (χ1n) is 6.36. The van der Waals surface area contributed by atoms with Crippen LogP contribution in [0.1, 0.15) is 12.1 Å². The maximum absolute atomic E-state index is 12.0. The topological polar surface area (TPSA) is 88.3 Å². The van der Waals surface area contributed by atoms with Crippen molar-refractivity contribution < 1.29 is 13.2 Å². The summed E-state index contributed by atoms with van der Waals surface area (Å²) in [5, 5.41) is 0. The quantitative estimate of drug-likeness (QED) is 0.754. The lowest BCUT2D eigenvalue weighted by molar-refractivity contribution is 0.311. The molecule has 8 heteroatoms. The highest BCUT2D eigenvalue weighted by molar-refractivity contribution is 7.91.